The van der Waals surface area contributed by atoms with Gasteiger partial charge in [0.2, 0.25) is 5.91 Å². The van der Waals surface area contributed by atoms with Gasteiger partial charge in [-0.3, -0.25) is 9.48 Å². The molecule has 4 rings (SSSR count). The van der Waals surface area contributed by atoms with Gasteiger partial charge in [-0.1, -0.05) is 6.42 Å². The molecule has 2 saturated carbocycles. The van der Waals surface area contributed by atoms with Gasteiger partial charge in [0, 0.05) is 37.3 Å². The van der Waals surface area contributed by atoms with E-state index >= 15 is 0 Å². The molecule has 3 aliphatic rings. The molecule has 2 aliphatic carbocycles. The normalized spacial score (nSPS) is 34.2. The number of fused-ring (bicyclic) bond motifs is 2. The molecule has 0 spiro atoms. The smallest absolute Gasteiger partial charge is 0.226 e. The van der Waals surface area contributed by atoms with Crippen LogP contribution in [0.5, 0.6) is 0 Å². The van der Waals surface area contributed by atoms with Crippen molar-refractivity contribution < 1.29 is 4.79 Å². The molecule has 1 aliphatic heterocycles. The Morgan fingerprint density at radius 2 is 1.84 bits per heavy atom. The van der Waals surface area contributed by atoms with Crippen LogP contribution in [0.3, 0.4) is 0 Å². The summed E-state index contributed by atoms with van der Waals surface area (Å²) in [4.78, 5) is 15.3. The molecule has 3 fully saturated rings. The minimum absolute atomic E-state index is 0. The first kappa shape index (κ1) is 20.5. The lowest BCUT2D eigenvalue weighted by molar-refractivity contribution is -0.139. The molecule has 3 atom stereocenters. The lowest BCUT2D eigenvalue weighted by Gasteiger charge is -2.44. The quantitative estimate of drug-likeness (QED) is 0.846. The number of hydrogen-bond donors (Lipinski definition) is 1. The van der Waals surface area contributed by atoms with Crippen LogP contribution in [-0.4, -0.2) is 33.2 Å². The van der Waals surface area contributed by atoms with E-state index in [0.29, 0.717) is 23.8 Å². The van der Waals surface area contributed by atoms with Crippen LogP contribution in [0.25, 0.3) is 0 Å². The lowest BCUT2D eigenvalue weighted by atomic mass is 9.65. The van der Waals surface area contributed by atoms with Crippen LogP contribution >= 0.6 is 24.8 Å². The van der Waals surface area contributed by atoms with Crippen LogP contribution in [0.1, 0.15) is 56.6 Å². The molecule has 0 aromatic carbocycles. The summed E-state index contributed by atoms with van der Waals surface area (Å²) in [6.07, 6.45) is 11.9. The molecule has 1 saturated heterocycles. The fraction of sp³-hybridized carbons (Fsp3) is 0.778. The highest BCUT2D eigenvalue weighted by Crippen LogP contribution is 2.44. The molecule has 142 valence electrons. The molecule has 2 heterocycles. The summed E-state index contributed by atoms with van der Waals surface area (Å²) in [6, 6.07) is 0.562. The van der Waals surface area contributed by atoms with Gasteiger partial charge < -0.3 is 10.6 Å². The Hall–Kier alpha value is -0.780. The fourth-order valence-corrected chi connectivity index (χ4v) is 5.21. The SMILES string of the molecule is Cl.Cl.Cn1cc(C2CCCN2C(=O)C2CC3CCCC(C2)C3N)cn1. The molecule has 3 unspecified atom stereocenters. The van der Waals surface area contributed by atoms with Crippen molar-refractivity contribution in [1.82, 2.24) is 14.7 Å². The number of carbonyl (C=O) groups is 1. The Kier molecular flexibility index (Phi) is 6.80. The maximum atomic E-state index is 13.2. The summed E-state index contributed by atoms with van der Waals surface area (Å²) >= 11 is 0. The highest BCUT2D eigenvalue weighted by molar-refractivity contribution is 5.85. The summed E-state index contributed by atoms with van der Waals surface area (Å²) in [7, 11) is 1.94. The second-order valence-corrected chi connectivity index (χ2v) is 7.83. The summed E-state index contributed by atoms with van der Waals surface area (Å²) in [5, 5.41) is 4.29. The average molecular weight is 389 g/mol. The predicted molar refractivity (Wildman–Crippen MR) is 103 cm³/mol. The number of aryl methyl sites for hydroxylation is 1. The van der Waals surface area contributed by atoms with E-state index in [4.69, 9.17) is 5.73 Å². The van der Waals surface area contributed by atoms with Gasteiger partial charge in [-0.05, 0) is 50.4 Å². The van der Waals surface area contributed by atoms with E-state index in [9.17, 15) is 4.79 Å². The summed E-state index contributed by atoms with van der Waals surface area (Å²) in [5.41, 5.74) is 7.57. The number of nitrogens with two attached hydrogens (primary N) is 1. The van der Waals surface area contributed by atoms with Gasteiger partial charge in [0.25, 0.3) is 0 Å². The third-order valence-electron chi connectivity index (χ3n) is 6.41. The highest BCUT2D eigenvalue weighted by atomic mass is 35.5. The number of hydrogen-bond acceptors (Lipinski definition) is 3. The minimum atomic E-state index is 0. The number of carbonyl (C=O) groups excluding carboxylic acids is 1. The van der Waals surface area contributed by atoms with Crippen molar-refractivity contribution in [2.24, 2.45) is 30.5 Å². The van der Waals surface area contributed by atoms with Crippen molar-refractivity contribution in [3.8, 4) is 0 Å². The second kappa shape index (κ2) is 8.28. The molecule has 1 aromatic heterocycles. The molecular weight excluding hydrogens is 359 g/mol. The monoisotopic (exact) mass is 388 g/mol. The Morgan fingerprint density at radius 1 is 1.16 bits per heavy atom. The zero-order valence-electron chi connectivity index (χ0n) is 14.8. The number of likely N-dealkylation sites (tertiary alicyclic amines) is 1. The lowest BCUT2D eigenvalue weighted by Crippen LogP contribution is -2.49. The molecule has 2 bridgehead atoms. The second-order valence-electron chi connectivity index (χ2n) is 7.83. The maximum Gasteiger partial charge on any atom is 0.226 e. The van der Waals surface area contributed by atoms with E-state index in [1.807, 2.05) is 17.9 Å². The number of halogens is 2. The number of rotatable bonds is 2. The summed E-state index contributed by atoms with van der Waals surface area (Å²) in [5.74, 6) is 1.70. The fourth-order valence-electron chi connectivity index (χ4n) is 5.21. The van der Waals surface area contributed by atoms with Crippen molar-refractivity contribution in [3.63, 3.8) is 0 Å². The average Bonchev–Trinajstić information content (AvgIpc) is 3.14. The van der Waals surface area contributed by atoms with E-state index < -0.39 is 0 Å². The van der Waals surface area contributed by atoms with Gasteiger partial charge in [0.1, 0.15) is 0 Å². The Labute approximate surface area is 162 Å². The van der Waals surface area contributed by atoms with Crippen molar-refractivity contribution in [2.45, 2.75) is 57.0 Å². The van der Waals surface area contributed by atoms with Gasteiger partial charge in [0.05, 0.1) is 12.2 Å². The Balaban J connectivity index is 0.00000113. The first-order valence-electron chi connectivity index (χ1n) is 9.18. The molecule has 1 amide bonds. The van der Waals surface area contributed by atoms with E-state index in [2.05, 4.69) is 16.2 Å². The topological polar surface area (TPSA) is 64.2 Å². The Morgan fingerprint density at radius 3 is 2.44 bits per heavy atom. The third-order valence-corrected chi connectivity index (χ3v) is 6.41. The number of aromatic nitrogens is 2. The molecule has 2 N–H and O–H groups in total. The first-order valence-corrected chi connectivity index (χ1v) is 9.18. The van der Waals surface area contributed by atoms with Crippen LogP contribution in [0.4, 0.5) is 0 Å². The standard InChI is InChI=1S/C18H28N4O.2ClH/c1-21-11-15(10-20-21)16-6-3-7-22(16)18(23)14-8-12-4-2-5-13(9-14)17(12)19;;/h10-14,16-17H,2-9,19H2,1H3;2*1H. The van der Waals surface area contributed by atoms with Crippen molar-refractivity contribution >= 4 is 30.7 Å². The van der Waals surface area contributed by atoms with Crippen molar-refractivity contribution in [1.29, 1.82) is 0 Å². The van der Waals surface area contributed by atoms with E-state index in [0.717, 1.165) is 32.2 Å². The zero-order chi connectivity index (χ0) is 16.0. The molecule has 7 heteroatoms. The first-order chi connectivity index (χ1) is 11.1. The van der Waals surface area contributed by atoms with Crippen LogP contribution in [-0.2, 0) is 11.8 Å². The van der Waals surface area contributed by atoms with E-state index in [-0.39, 0.29) is 36.8 Å². The van der Waals surface area contributed by atoms with Crippen molar-refractivity contribution in [2.75, 3.05) is 6.54 Å². The molecule has 0 radical (unpaired) electrons. The Bertz CT molecular complexity index is 579. The van der Waals surface area contributed by atoms with E-state index in [1.54, 1.807) is 0 Å². The van der Waals surface area contributed by atoms with Gasteiger partial charge in [-0.15, -0.1) is 24.8 Å². The van der Waals surface area contributed by atoms with Crippen molar-refractivity contribution in [3.05, 3.63) is 18.0 Å². The summed E-state index contributed by atoms with van der Waals surface area (Å²) in [6.45, 7) is 0.899. The van der Waals surface area contributed by atoms with Gasteiger partial charge in [-0.2, -0.15) is 5.10 Å². The van der Waals surface area contributed by atoms with Gasteiger partial charge in [-0.25, -0.2) is 0 Å². The summed E-state index contributed by atoms with van der Waals surface area (Å²) < 4.78 is 1.83. The van der Waals surface area contributed by atoms with Crippen LogP contribution in [0.15, 0.2) is 12.4 Å². The number of nitrogens with zero attached hydrogens (tertiary/aromatic N) is 3. The van der Waals surface area contributed by atoms with Crippen LogP contribution in [0, 0.1) is 17.8 Å². The molecule has 25 heavy (non-hydrogen) atoms. The largest absolute Gasteiger partial charge is 0.335 e. The third kappa shape index (κ3) is 3.83. The molecular formula is C18H30Cl2N4O. The highest BCUT2D eigenvalue weighted by Gasteiger charge is 2.43. The maximum absolute atomic E-state index is 13.2. The van der Waals surface area contributed by atoms with E-state index in [1.165, 1.54) is 24.8 Å². The van der Waals surface area contributed by atoms with Gasteiger partial charge in [0.15, 0.2) is 0 Å². The predicted octanol–water partition coefficient (Wildman–Crippen LogP) is 3.08. The number of amides is 1. The minimum Gasteiger partial charge on any atom is -0.335 e. The zero-order valence-corrected chi connectivity index (χ0v) is 16.5. The molecule has 5 nitrogen and oxygen atoms in total. The van der Waals surface area contributed by atoms with Crippen LogP contribution in [0.2, 0.25) is 0 Å². The molecule has 1 aromatic rings. The van der Waals surface area contributed by atoms with Gasteiger partial charge >= 0.3 is 0 Å². The van der Waals surface area contributed by atoms with Crippen LogP contribution < -0.4 is 5.73 Å².